The molecule has 0 saturated carbocycles. The van der Waals surface area contributed by atoms with E-state index in [0.717, 1.165) is 16.0 Å². The van der Waals surface area contributed by atoms with Crippen LogP contribution in [-0.2, 0) is 11.3 Å². The van der Waals surface area contributed by atoms with Crippen LogP contribution in [-0.4, -0.2) is 57.3 Å². The van der Waals surface area contributed by atoms with Crippen molar-refractivity contribution in [2.24, 2.45) is 0 Å². The zero-order valence-electron chi connectivity index (χ0n) is 18.1. The van der Waals surface area contributed by atoms with E-state index in [1.807, 2.05) is 54.8 Å². The normalized spacial score (nSPS) is 14.1. The van der Waals surface area contributed by atoms with Crippen LogP contribution in [0.15, 0.2) is 59.0 Å². The number of aromatic nitrogens is 2. The van der Waals surface area contributed by atoms with Gasteiger partial charge in [0.15, 0.2) is 0 Å². The van der Waals surface area contributed by atoms with Gasteiger partial charge in [-0.25, -0.2) is 4.98 Å². The summed E-state index contributed by atoms with van der Waals surface area (Å²) in [6.07, 6.45) is 1.46. The molecule has 1 aliphatic rings. The van der Waals surface area contributed by atoms with Gasteiger partial charge in [0.05, 0.1) is 16.6 Å². The zero-order chi connectivity index (χ0) is 22.9. The highest BCUT2D eigenvalue weighted by Crippen LogP contribution is 2.35. The molecule has 0 bridgehead atoms. The van der Waals surface area contributed by atoms with Crippen LogP contribution in [0, 0.1) is 6.92 Å². The molecular formula is C24H22N4O3S2. The number of benzene rings is 1. The molecule has 4 aromatic rings. The number of aryl methyl sites for hydroxylation is 1. The minimum absolute atomic E-state index is 0.00474. The first-order valence-corrected chi connectivity index (χ1v) is 12.4. The van der Waals surface area contributed by atoms with Gasteiger partial charge in [0, 0.05) is 31.1 Å². The summed E-state index contributed by atoms with van der Waals surface area (Å²) in [5.41, 5.74) is 1.74. The molecule has 0 atom stereocenters. The van der Waals surface area contributed by atoms with Gasteiger partial charge in [-0.15, -0.1) is 22.7 Å². The van der Waals surface area contributed by atoms with E-state index >= 15 is 0 Å². The van der Waals surface area contributed by atoms with E-state index < -0.39 is 0 Å². The molecule has 9 heteroatoms. The van der Waals surface area contributed by atoms with Gasteiger partial charge in [-0.05, 0) is 29.5 Å². The number of hydrogen-bond donors (Lipinski definition) is 0. The van der Waals surface area contributed by atoms with Crippen LogP contribution in [0.4, 0.5) is 0 Å². The number of fused-ring (bicyclic) bond motifs is 1. The van der Waals surface area contributed by atoms with Crippen LogP contribution in [0.3, 0.4) is 0 Å². The highest BCUT2D eigenvalue weighted by molar-refractivity contribution is 7.22. The van der Waals surface area contributed by atoms with Crippen molar-refractivity contribution in [1.29, 1.82) is 0 Å². The molecule has 168 valence electrons. The molecule has 5 rings (SSSR count). The Morgan fingerprint density at radius 2 is 1.73 bits per heavy atom. The molecule has 1 aromatic carbocycles. The second-order valence-corrected chi connectivity index (χ2v) is 9.88. The van der Waals surface area contributed by atoms with Gasteiger partial charge in [0.1, 0.15) is 11.4 Å². The number of amides is 2. The second kappa shape index (κ2) is 8.92. The summed E-state index contributed by atoms with van der Waals surface area (Å²) in [6, 6.07) is 13.6. The van der Waals surface area contributed by atoms with Crippen LogP contribution in [0.2, 0.25) is 0 Å². The summed E-state index contributed by atoms with van der Waals surface area (Å²) >= 11 is 2.91. The van der Waals surface area contributed by atoms with Gasteiger partial charge in [-0.3, -0.25) is 19.0 Å². The van der Waals surface area contributed by atoms with Crippen LogP contribution in [0.25, 0.3) is 20.7 Å². The molecule has 0 aliphatic carbocycles. The summed E-state index contributed by atoms with van der Waals surface area (Å²) in [4.78, 5) is 49.0. The first-order chi connectivity index (χ1) is 16.0. The topological polar surface area (TPSA) is 75.5 Å². The predicted molar refractivity (Wildman–Crippen MR) is 131 cm³/mol. The van der Waals surface area contributed by atoms with Crippen molar-refractivity contribution in [2.75, 3.05) is 26.2 Å². The van der Waals surface area contributed by atoms with E-state index in [0.29, 0.717) is 41.3 Å². The van der Waals surface area contributed by atoms with Gasteiger partial charge in [-0.2, -0.15) is 0 Å². The van der Waals surface area contributed by atoms with E-state index in [1.165, 1.54) is 33.6 Å². The van der Waals surface area contributed by atoms with E-state index in [1.54, 1.807) is 9.80 Å². The molecule has 4 heterocycles. The second-order valence-electron chi connectivity index (χ2n) is 7.93. The minimum Gasteiger partial charge on any atom is -0.338 e. The van der Waals surface area contributed by atoms with Gasteiger partial charge in [0.2, 0.25) is 5.91 Å². The third kappa shape index (κ3) is 4.09. The lowest BCUT2D eigenvalue weighted by Crippen LogP contribution is -2.51. The lowest BCUT2D eigenvalue weighted by molar-refractivity contribution is -0.133. The van der Waals surface area contributed by atoms with Crippen molar-refractivity contribution in [2.45, 2.75) is 13.5 Å². The average Bonchev–Trinajstić information content (AvgIpc) is 3.50. The average molecular weight is 479 g/mol. The summed E-state index contributed by atoms with van der Waals surface area (Å²) < 4.78 is 1.39. The zero-order valence-corrected chi connectivity index (χ0v) is 19.7. The fraction of sp³-hybridized carbons (Fsp3) is 0.250. The smallest absolute Gasteiger partial charge is 0.264 e. The number of carbonyl (C=O) groups excluding carboxylic acids is 2. The predicted octanol–water partition coefficient (Wildman–Crippen LogP) is 3.48. The molecule has 0 N–H and O–H groups in total. The fourth-order valence-corrected chi connectivity index (χ4v) is 5.93. The summed E-state index contributed by atoms with van der Waals surface area (Å²) in [5, 5.41) is 2.45. The van der Waals surface area contributed by atoms with Gasteiger partial charge in [-0.1, -0.05) is 36.4 Å². The van der Waals surface area contributed by atoms with E-state index in [-0.39, 0.29) is 23.9 Å². The van der Waals surface area contributed by atoms with Crippen molar-refractivity contribution in [1.82, 2.24) is 19.4 Å². The molecule has 1 fully saturated rings. The van der Waals surface area contributed by atoms with Crippen LogP contribution in [0.1, 0.15) is 15.2 Å². The third-order valence-electron chi connectivity index (χ3n) is 5.91. The largest absolute Gasteiger partial charge is 0.338 e. The third-order valence-corrected chi connectivity index (χ3v) is 8.02. The van der Waals surface area contributed by atoms with E-state index in [4.69, 9.17) is 0 Å². The highest BCUT2D eigenvalue weighted by atomic mass is 32.1. The van der Waals surface area contributed by atoms with Gasteiger partial charge >= 0.3 is 0 Å². The molecule has 0 unspecified atom stereocenters. The van der Waals surface area contributed by atoms with Crippen molar-refractivity contribution in [3.63, 3.8) is 0 Å². The molecule has 2 amide bonds. The molecule has 1 aliphatic heterocycles. The van der Waals surface area contributed by atoms with E-state index in [9.17, 15) is 14.4 Å². The molecule has 1 saturated heterocycles. The number of thiophene rings is 2. The van der Waals surface area contributed by atoms with Crippen LogP contribution >= 0.6 is 22.7 Å². The maximum Gasteiger partial charge on any atom is 0.264 e. The van der Waals surface area contributed by atoms with Crippen LogP contribution in [0.5, 0.6) is 0 Å². The quantitative estimate of drug-likeness (QED) is 0.450. The Kier molecular flexibility index (Phi) is 5.82. The Morgan fingerprint density at radius 3 is 2.42 bits per heavy atom. The Labute approximate surface area is 198 Å². The Morgan fingerprint density at radius 1 is 1.00 bits per heavy atom. The number of hydrogen-bond acceptors (Lipinski definition) is 6. The van der Waals surface area contributed by atoms with Gasteiger partial charge in [0.25, 0.3) is 11.5 Å². The maximum atomic E-state index is 13.2. The lowest BCUT2D eigenvalue weighted by atomic mass is 10.1. The number of rotatable bonds is 4. The molecular weight excluding hydrogens is 456 g/mol. The standard InChI is InChI=1S/C24H22N4O3S2/c1-16-20-22(33-21(16)17-6-3-2-4-7-17)25-15-28(24(20)31)14-19(29)26-9-11-27(12-10-26)23(30)18-8-5-13-32-18/h2-8,13,15H,9-12,14H2,1H3. The van der Waals surface area contributed by atoms with Crippen molar-refractivity contribution < 1.29 is 9.59 Å². The molecule has 0 spiro atoms. The Hall–Kier alpha value is -3.30. The number of piperazine rings is 1. The van der Waals surface area contributed by atoms with E-state index in [2.05, 4.69) is 4.98 Å². The Balaban J connectivity index is 1.31. The van der Waals surface area contributed by atoms with Crippen LogP contribution < -0.4 is 5.56 Å². The molecule has 33 heavy (non-hydrogen) atoms. The molecule has 7 nitrogen and oxygen atoms in total. The monoisotopic (exact) mass is 478 g/mol. The number of carbonyl (C=O) groups is 2. The molecule has 3 aromatic heterocycles. The lowest BCUT2D eigenvalue weighted by Gasteiger charge is -2.34. The van der Waals surface area contributed by atoms with Gasteiger partial charge < -0.3 is 9.80 Å². The van der Waals surface area contributed by atoms with Crippen molar-refractivity contribution in [3.05, 3.63) is 75.0 Å². The number of nitrogens with zero attached hydrogens (tertiary/aromatic N) is 4. The minimum atomic E-state index is -0.198. The Bertz CT molecular complexity index is 1370. The summed E-state index contributed by atoms with van der Waals surface area (Å²) in [5.74, 6) is -0.136. The maximum absolute atomic E-state index is 13.2. The SMILES string of the molecule is Cc1c(-c2ccccc2)sc2ncn(CC(=O)N3CCN(C(=O)c4cccs4)CC3)c(=O)c12. The summed E-state index contributed by atoms with van der Waals surface area (Å²) in [7, 11) is 0. The van der Waals surface area contributed by atoms with Crippen molar-refractivity contribution in [3.8, 4) is 10.4 Å². The molecule has 0 radical (unpaired) electrons. The first kappa shape index (κ1) is 21.5. The van der Waals surface area contributed by atoms with Crippen molar-refractivity contribution >= 4 is 44.7 Å². The fourth-order valence-electron chi connectivity index (χ4n) is 4.10. The summed E-state index contributed by atoms with van der Waals surface area (Å²) in [6.45, 7) is 3.75. The first-order valence-electron chi connectivity index (χ1n) is 10.7. The highest BCUT2D eigenvalue weighted by Gasteiger charge is 2.26.